The zero-order valence-corrected chi connectivity index (χ0v) is 12.6. The largest absolute Gasteiger partial charge is 0.467 e. The summed E-state index contributed by atoms with van der Waals surface area (Å²) in [5.74, 6) is 0.497. The minimum absolute atomic E-state index is 0.149. The Bertz CT molecular complexity index is 683. The number of carbonyl (C=O) groups is 1. The minimum atomic E-state index is -0.549. The number of methoxy groups -OCH3 is 1. The molecule has 0 saturated carbocycles. The lowest BCUT2D eigenvalue weighted by Gasteiger charge is -2.26. The molecule has 0 saturated heterocycles. The number of hydrogen-bond donors (Lipinski definition) is 0. The maximum atomic E-state index is 12.2. The zero-order valence-electron chi connectivity index (χ0n) is 12.6. The van der Waals surface area contributed by atoms with Crippen LogP contribution >= 0.6 is 0 Å². The molecule has 2 aromatic rings. The second-order valence-corrected chi connectivity index (χ2v) is 5.25. The number of esters is 1. The molecular formula is C18H18N2O2. The Hall–Kier alpha value is -2.62. The molecule has 112 valence electrons. The molecule has 0 spiro atoms. The SMILES string of the molecule is COC(=O)[C@H]1N=C(c2ccccc2)N(C)[C@H]1c1ccccc1. The molecule has 2 aromatic carbocycles. The van der Waals surface area contributed by atoms with E-state index in [9.17, 15) is 4.79 Å². The molecule has 0 aromatic heterocycles. The Kier molecular flexibility index (Phi) is 3.92. The highest BCUT2D eigenvalue weighted by Gasteiger charge is 2.40. The van der Waals surface area contributed by atoms with Crippen LogP contribution in [0.15, 0.2) is 65.7 Å². The average molecular weight is 294 g/mol. The van der Waals surface area contributed by atoms with Crippen molar-refractivity contribution >= 4 is 11.8 Å². The number of rotatable bonds is 3. The predicted octanol–water partition coefficient (Wildman–Crippen LogP) is 2.66. The van der Waals surface area contributed by atoms with E-state index in [0.29, 0.717) is 0 Å². The number of likely N-dealkylation sites (N-methyl/N-ethyl adjacent to an activating group) is 1. The first-order valence-corrected chi connectivity index (χ1v) is 7.21. The summed E-state index contributed by atoms with van der Waals surface area (Å²) in [5.41, 5.74) is 2.05. The van der Waals surface area contributed by atoms with Crippen LogP contribution in [-0.4, -0.2) is 36.9 Å². The van der Waals surface area contributed by atoms with Gasteiger partial charge in [-0.15, -0.1) is 0 Å². The van der Waals surface area contributed by atoms with Gasteiger partial charge in [0.05, 0.1) is 13.2 Å². The molecule has 0 fully saturated rings. The third kappa shape index (κ3) is 2.48. The van der Waals surface area contributed by atoms with Crippen LogP contribution in [-0.2, 0) is 9.53 Å². The first-order chi connectivity index (χ1) is 10.7. The predicted molar refractivity (Wildman–Crippen MR) is 85.7 cm³/mol. The number of benzene rings is 2. The summed E-state index contributed by atoms with van der Waals surface area (Å²) in [6, 6.07) is 19.1. The zero-order chi connectivity index (χ0) is 15.5. The van der Waals surface area contributed by atoms with Crippen molar-refractivity contribution in [2.24, 2.45) is 4.99 Å². The average Bonchev–Trinajstić information content (AvgIpc) is 2.93. The molecule has 22 heavy (non-hydrogen) atoms. The van der Waals surface area contributed by atoms with Crippen LogP contribution in [0.3, 0.4) is 0 Å². The topological polar surface area (TPSA) is 41.9 Å². The van der Waals surface area contributed by atoms with E-state index in [0.717, 1.165) is 17.0 Å². The summed E-state index contributed by atoms with van der Waals surface area (Å²) in [7, 11) is 3.37. The Labute approximate surface area is 130 Å². The molecule has 0 radical (unpaired) electrons. The molecule has 1 heterocycles. The highest BCUT2D eigenvalue weighted by atomic mass is 16.5. The van der Waals surface area contributed by atoms with E-state index >= 15 is 0 Å². The lowest BCUT2D eigenvalue weighted by atomic mass is 9.99. The molecule has 1 aliphatic rings. The van der Waals surface area contributed by atoms with Crippen molar-refractivity contribution in [1.29, 1.82) is 0 Å². The number of carbonyl (C=O) groups excluding carboxylic acids is 1. The van der Waals surface area contributed by atoms with Crippen molar-refractivity contribution < 1.29 is 9.53 Å². The molecule has 0 bridgehead atoms. The fraction of sp³-hybridized carbons (Fsp3) is 0.222. The van der Waals surface area contributed by atoms with Gasteiger partial charge in [0.25, 0.3) is 0 Å². The van der Waals surface area contributed by atoms with E-state index in [2.05, 4.69) is 4.99 Å². The molecule has 1 aliphatic heterocycles. The van der Waals surface area contributed by atoms with Crippen LogP contribution in [0.25, 0.3) is 0 Å². The maximum Gasteiger partial charge on any atom is 0.333 e. The van der Waals surface area contributed by atoms with Crippen LogP contribution in [0.2, 0.25) is 0 Å². The second-order valence-electron chi connectivity index (χ2n) is 5.25. The summed E-state index contributed by atoms with van der Waals surface area (Å²) in [5, 5.41) is 0. The molecule has 0 aliphatic carbocycles. The van der Waals surface area contributed by atoms with Gasteiger partial charge in [-0.3, -0.25) is 4.99 Å². The standard InChI is InChI=1S/C18H18N2O2/c1-20-16(13-9-5-3-6-10-13)15(18(21)22-2)19-17(20)14-11-7-4-8-12-14/h3-12,15-16H,1-2H3/t15-,16-/m0/s1. The van der Waals surface area contributed by atoms with Gasteiger partial charge < -0.3 is 9.64 Å². The summed E-state index contributed by atoms with van der Waals surface area (Å²) in [6.45, 7) is 0. The van der Waals surface area contributed by atoms with Crippen LogP contribution in [0.1, 0.15) is 17.2 Å². The van der Waals surface area contributed by atoms with Crippen LogP contribution in [0.5, 0.6) is 0 Å². The van der Waals surface area contributed by atoms with Crippen molar-refractivity contribution in [1.82, 2.24) is 4.90 Å². The van der Waals surface area contributed by atoms with E-state index in [-0.39, 0.29) is 12.0 Å². The fourth-order valence-electron chi connectivity index (χ4n) is 2.86. The number of nitrogens with zero attached hydrogens (tertiary/aromatic N) is 2. The Morgan fingerprint density at radius 1 is 1.05 bits per heavy atom. The van der Waals surface area contributed by atoms with Gasteiger partial charge in [-0.25, -0.2) is 4.79 Å². The van der Waals surface area contributed by atoms with Crippen molar-refractivity contribution in [2.75, 3.05) is 14.2 Å². The van der Waals surface area contributed by atoms with E-state index in [1.807, 2.05) is 72.6 Å². The van der Waals surface area contributed by atoms with Crippen molar-refractivity contribution in [3.05, 3.63) is 71.8 Å². The number of hydrogen-bond acceptors (Lipinski definition) is 4. The summed E-state index contributed by atoms with van der Waals surface area (Å²) in [4.78, 5) is 18.8. The molecule has 4 nitrogen and oxygen atoms in total. The normalized spacial score (nSPS) is 20.6. The minimum Gasteiger partial charge on any atom is -0.467 e. The van der Waals surface area contributed by atoms with Crippen LogP contribution in [0, 0.1) is 0 Å². The molecule has 0 amide bonds. The van der Waals surface area contributed by atoms with Gasteiger partial charge >= 0.3 is 5.97 Å². The smallest absolute Gasteiger partial charge is 0.333 e. The number of ether oxygens (including phenoxy) is 1. The molecule has 0 unspecified atom stereocenters. The lowest BCUT2D eigenvalue weighted by Crippen LogP contribution is -2.33. The molecular weight excluding hydrogens is 276 g/mol. The quantitative estimate of drug-likeness (QED) is 0.817. The van der Waals surface area contributed by atoms with Gasteiger partial charge in [0, 0.05) is 12.6 Å². The number of aliphatic imine (C=N–C) groups is 1. The highest BCUT2D eigenvalue weighted by molar-refractivity contribution is 6.02. The van der Waals surface area contributed by atoms with Gasteiger partial charge in [0.15, 0.2) is 6.04 Å². The van der Waals surface area contributed by atoms with Gasteiger partial charge in [-0.1, -0.05) is 60.7 Å². The second kappa shape index (κ2) is 6.02. The van der Waals surface area contributed by atoms with Crippen LogP contribution in [0.4, 0.5) is 0 Å². The van der Waals surface area contributed by atoms with Gasteiger partial charge in [-0.2, -0.15) is 0 Å². The molecule has 3 rings (SSSR count). The van der Waals surface area contributed by atoms with Gasteiger partial charge in [0.1, 0.15) is 5.84 Å². The fourth-order valence-corrected chi connectivity index (χ4v) is 2.86. The van der Waals surface area contributed by atoms with E-state index in [1.54, 1.807) is 0 Å². The van der Waals surface area contributed by atoms with Crippen molar-refractivity contribution in [3.8, 4) is 0 Å². The third-order valence-corrected chi connectivity index (χ3v) is 3.93. The summed E-state index contributed by atoms with van der Waals surface area (Å²) >= 11 is 0. The lowest BCUT2D eigenvalue weighted by molar-refractivity contribution is -0.142. The van der Waals surface area contributed by atoms with E-state index < -0.39 is 6.04 Å². The van der Waals surface area contributed by atoms with Crippen molar-refractivity contribution in [3.63, 3.8) is 0 Å². The van der Waals surface area contributed by atoms with E-state index in [1.165, 1.54) is 7.11 Å². The van der Waals surface area contributed by atoms with Crippen LogP contribution < -0.4 is 0 Å². The Balaban J connectivity index is 2.03. The Morgan fingerprint density at radius 2 is 1.64 bits per heavy atom. The van der Waals surface area contributed by atoms with Crippen molar-refractivity contribution in [2.45, 2.75) is 12.1 Å². The summed E-state index contributed by atoms with van der Waals surface area (Å²) in [6.07, 6.45) is 0. The monoisotopic (exact) mass is 294 g/mol. The maximum absolute atomic E-state index is 12.2. The Morgan fingerprint density at radius 3 is 2.23 bits per heavy atom. The van der Waals surface area contributed by atoms with Gasteiger partial charge in [-0.05, 0) is 5.56 Å². The molecule has 0 N–H and O–H groups in total. The summed E-state index contributed by atoms with van der Waals surface area (Å²) < 4.78 is 4.95. The highest BCUT2D eigenvalue weighted by Crippen LogP contribution is 2.33. The molecule has 2 atom stereocenters. The first-order valence-electron chi connectivity index (χ1n) is 7.21. The third-order valence-electron chi connectivity index (χ3n) is 3.93. The van der Waals surface area contributed by atoms with E-state index in [4.69, 9.17) is 4.74 Å². The molecule has 4 heteroatoms. The first kappa shape index (κ1) is 14.3. The van der Waals surface area contributed by atoms with Gasteiger partial charge in [0.2, 0.25) is 0 Å². The number of amidine groups is 1.